The molecule has 0 fully saturated rings. The molecule has 10 heteroatoms. The predicted molar refractivity (Wildman–Crippen MR) is 276 cm³/mol. The summed E-state index contributed by atoms with van der Waals surface area (Å²) in [5.74, 6) is 0.283. The maximum absolute atomic E-state index is 14.0. The average molecular weight is 938 g/mol. The van der Waals surface area contributed by atoms with Crippen LogP contribution in [0.4, 0.5) is 66.2 Å². The summed E-state index contributed by atoms with van der Waals surface area (Å²) in [7, 11) is 0. The SMILES string of the molecule is Cc1ccc2c(c1)B1c3cc(C)ccc3N(c3ccccc3C3=CC=C(C(F)(F)F)CC3)c3cc(N(C4=CC=CCC4C)c4ccccc4)cc(c31)N2C1=CCC(C)C=C1c1ccc(C(F)(F)F)cc1. The molecule has 3 aliphatic carbocycles. The minimum absolute atomic E-state index is 0.117. The normalized spacial score (nSPS) is 18.5. The molecule has 5 aliphatic rings. The quantitative estimate of drug-likeness (QED) is 0.116. The van der Waals surface area contributed by atoms with E-state index in [2.05, 4.69) is 140 Å². The van der Waals surface area contributed by atoms with Crippen LogP contribution in [0.3, 0.4) is 0 Å². The first-order chi connectivity index (χ1) is 33.6. The highest BCUT2D eigenvalue weighted by atomic mass is 19.4. The van der Waals surface area contributed by atoms with Gasteiger partial charge in [-0.25, -0.2) is 0 Å². The molecule has 0 spiro atoms. The Labute approximate surface area is 405 Å². The number of allylic oxidation sites excluding steroid dienone is 11. The van der Waals surface area contributed by atoms with E-state index in [1.54, 1.807) is 18.2 Å². The zero-order valence-electron chi connectivity index (χ0n) is 39.3. The number of anilines is 7. The molecule has 0 aromatic heterocycles. The molecule has 0 saturated carbocycles. The number of rotatable bonds is 7. The van der Waals surface area contributed by atoms with E-state index >= 15 is 0 Å². The van der Waals surface area contributed by atoms with Crippen molar-refractivity contribution in [2.75, 3.05) is 14.7 Å². The van der Waals surface area contributed by atoms with Gasteiger partial charge >= 0.3 is 12.4 Å². The van der Waals surface area contributed by atoms with Gasteiger partial charge in [0.2, 0.25) is 0 Å². The number of alkyl halides is 6. The standard InChI is InChI=1S/C60H50BF6N3/c1-37-18-29-53(48(32-37)42-23-27-44(28-24-42)60(65,66)67)70-55-31-20-39(3)34-50(55)61-49-33-38(2)19-30-54(49)69(52-17-11-9-15-47(52)41-21-25-43(26-22-41)59(62,63)64)56-35-46(36-57(70)58(56)61)68(45-13-6-5-7-14-45)51-16-10-8-12-40(51)4/h5-11,13-17,19-21,23-25,27-37,40H,12,18,22,26H2,1-4H3. The van der Waals surface area contributed by atoms with Crippen molar-refractivity contribution in [1.82, 2.24) is 0 Å². The van der Waals surface area contributed by atoms with Crippen LogP contribution in [0.25, 0.3) is 11.1 Å². The number of hydrogen-bond acceptors (Lipinski definition) is 3. The Bertz CT molecular complexity index is 3260. The molecule has 6 aromatic carbocycles. The molecule has 3 nitrogen and oxygen atoms in total. The van der Waals surface area contributed by atoms with Gasteiger partial charge in [-0.1, -0.05) is 134 Å². The minimum atomic E-state index is -4.48. The number of hydrogen-bond donors (Lipinski definition) is 0. The molecule has 350 valence electrons. The van der Waals surface area contributed by atoms with Crippen molar-refractivity contribution in [2.24, 2.45) is 11.8 Å². The Kier molecular flexibility index (Phi) is 11.2. The van der Waals surface area contributed by atoms with Gasteiger partial charge < -0.3 is 14.7 Å². The van der Waals surface area contributed by atoms with E-state index in [0.29, 0.717) is 5.56 Å². The van der Waals surface area contributed by atoms with Gasteiger partial charge in [-0.15, -0.1) is 0 Å². The topological polar surface area (TPSA) is 9.72 Å². The first kappa shape index (κ1) is 45.3. The zero-order chi connectivity index (χ0) is 48.6. The van der Waals surface area contributed by atoms with Gasteiger partial charge in [0, 0.05) is 68.1 Å². The molecule has 2 unspecified atom stereocenters. The second kappa shape index (κ2) is 17.3. The summed E-state index contributed by atoms with van der Waals surface area (Å²) < 4.78 is 84.2. The molecule has 0 amide bonds. The van der Waals surface area contributed by atoms with Gasteiger partial charge in [-0.2, -0.15) is 26.3 Å². The number of benzene rings is 6. The van der Waals surface area contributed by atoms with Gasteiger partial charge in [0.25, 0.3) is 6.71 Å². The first-order valence-corrected chi connectivity index (χ1v) is 24.0. The Morgan fingerprint density at radius 1 is 0.600 bits per heavy atom. The molecule has 0 bridgehead atoms. The van der Waals surface area contributed by atoms with Gasteiger partial charge in [-0.3, -0.25) is 0 Å². The third-order valence-corrected chi connectivity index (χ3v) is 14.5. The summed E-state index contributed by atoms with van der Waals surface area (Å²) >= 11 is 0. The lowest BCUT2D eigenvalue weighted by Gasteiger charge is -2.46. The fourth-order valence-corrected chi connectivity index (χ4v) is 11.1. The van der Waals surface area contributed by atoms with Gasteiger partial charge in [0.05, 0.1) is 11.3 Å². The Balaban J connectivity index is 1.23. The van der Waals surface area contributed by atoms with Crippen molar-refractivity contribution in [3.05, 3.63) is 215 Å². The van der Waals surface area contributed by atoms with E-state index < -0.39 is 23.5 Å². The smallest absolute Gasteiger partial charge is 0.314 e. The molecule has 2 atom stereocenters. The third-order valence-electron chi connectivity index (χ3n) is 14.5. The second-order valence-electron chi connectivity index (χ2n) is 19.3. The number of halogens is 6. The third kappa shape index (κ3) is 7.91. The van der Waals surface area contributed by atoms with Crippen molar-refractivity contribution < 1.29 is 26.3 Å². The maximum atomic E-state index is 14.0. The summed E-state index contributed by atoms with van der Waals surface area (Å²) in [5, 5.41) is 0. The van der Waals surface area contributed by atoms with Crippen LogP contribution in [0.15, 0.2) is 187 Å². The molecule has 0 N–H and O–H groups in total. The summed E-state index contributed by atoms with van der Waals surface area (Å²) in [6.07, 6.45) is 6.56. The number of fused-ring (bicyclic) bond motifs is 4. The van der Waals surface area contributed by atoms with Crippen molar-refractivity contribution >= 4 is 74.1 Å². The molecule has 6 aromatic rings. The van der Waals surface area contributed by atoms with Crippen LogP contribution >= 0.6 is 0 Å². The minimum Gasteiger partial charge on any atom is -0.314 e. The van der Waals surface area contributed by atoms with Crippen molar-refractivity contribution in [2.45, 2.75) is 65.7 Å². The lowest BCUT2D eigenvalue weighted by Crippen LogP contribution is -2.62. The van der Waals surface area contributed by atoms with Gasteiger partial charge in [0.15, 0.2) is 0 Å². The highest BCUT2D eigenvalue weighted by molar-refractivity contribution is 7.00. The maximum Gasteiger partial charge on any atom is 0.416 e. The molecular formula is C60H50BF6N3. The highest BCUT2D eigenvalue weighted by Gasteiger charge is 2.46. The van der Waals surface area contributed by atoms with Crippen molar-refractivity contribution in [3.8, 4) is 0 Å². The predicted octanol–water partition coefficient (Wildman–Crippen LogP) is 15.4. The summed E-state index contributed by atoms with van der Waals surface area (Å²) in [5.41, 5.74) is 15.9. The van der Waals surface area contributed by atoms with E-state index in [9.17, 15) is 26.3 Å². The van der Waals surface area contributed by atoms with E-state index in [1.165, 1.54) is 18.2 Å². The number of nitrogens with zero attached hydrogens (tertiary/aromatic N) is 3. The molecule has 70 heavy (non-hydrogen) atoms. The van der Waals surface area contributed by atoms with Gasteiger partial charge in [0.1, 0.15) is 0 Å². The monoisotopic (exact) mass is 937 g/mol. The average Bonchev–Trinajstić information content (AvgIpc) is 3.35. The van der Waals surface area contributed by atoms with Crippen LogP contribution < -0.4 is 31.1 Å². The Morgan fingerprint density at radius 3 is 1.90 bits per heavy atom. The molecule has 2 heterocycles. The van der Waals surface area contributed by atoms with Crippen LogP contribution in [0.2, 0.25) is 0 Å². The molecular weight excluding hydrogens is 887 g/mol. The summed E-state index contributed by atoms with van der Waals surface area (Å²) in [4.78, 5) is 6.99. The first-order valence-electron chi connectivity index (χ1n) is 24.0. The van der Waals surface area contributed by atoms with E-state index in [0.717, 1.165) is 108 Å². The molecule has 11 rings (SSSR count). The highest BCUT2D eigenvalue weighted by Crippen LogP contribution is 2.51. The number of para-hydroxylation sites is 2. The van der Waals surface area contributed by atoms with E-state index in [4.69, 9.17) is 0 Å². The summed E-state index contributed by atoms with van der Waals surface area (Å²) in [6.45, 7) is 8.33. The second-order valence-corrected chi connectivity index (χ2v) is 19.3. The van der Waals surface area contributed by atoms with Gasteiger partial charge in [-0.05, 0) is 134 Å². The Morgan fingerprint density at radius 2 is 1.26 bits per heavy atom. The van der Waals surface area contributed by atoms with E-state index in [-0.39, 0.29) is 31.4 Å². The van der Waals surface area contributed by atoms with E-state index in [1.807, 2.05) is 36.4 Å². The van der Waals surface area contributed by atoms with Crippen LogP contribution in [0, 0.1) is 25.7 Å². The fourth-order valence-electron chi connectivity index (χ4n) is 11.1. The lowest BCUT2D eigenvalue weighted by atomic mass is 9.33. The lowest BCUT2D eigenvalue weighted by molar-refractivity contribution is -0.137. The fraction of sp³-hybridized carbons (Fsp3) is 0.200. The van der Waals surface area contributed by atoms with Crippen LogP contribution in [0.5, 0.6) is 0 Å². The molecule has 0 saturated heterocycles. The molecule has 2 aliphatic heterocycles. The largest absolute Gasteiger partial charge is 0.416 e. The van der Waals surface area contributed by atoms with Crippen molar-refractivity contribution in [3.63, 3.8) is 0 Å². The molecule has 0 radical (unpaired) electrons. The number of aryl methyl sites for hydroxylation is 2. The van der Waals surface area contributed by atoms with Crippen LogP contribution in [-0.4, -0.2) is 12.9 Å². The summed E-state index contributed by atoms with van der Waals surface area (Å²) in [6, 6.07) is 41.6. The van der Waals surface area contributed by atoms with Crippen molar-refractivity contribution in [1.29, 1.82) is 0 Å². The zero-order valence-corrected chi connectivity index (χ0v) is 39.3. The Hall–Kier alpha value is -7.20. The van der Waals surface area contributed by atoms with Crippen LogP contribution in [0.1, 0.15) is 67.3 Å². The van der Waals surface area contributed by atoms with Crippen LogP contribution in [-0.2, 0) is 6.18 Å².